The lowest BCUT2D eigenvalue weighted by Gasteiger charge is -2.13. The van der Waals surface area contributed by atoms with E-state index in [4.69, 9.17) is 10.5 Å². The first-order valence-electron chi connectivity index (χ1n) is 8.23. The van der Waals surface area contributed by atoms with Gasteiger partial charge < -0.3 is 10.5 Å². The van der Waals surface area contributed by atoms with Gasteiger partial charge in [0.1, 0.15) is 5.75 Å². The molecular formula is C18H31NO. The van der Waals surface area contributed by atoms with E-state index >= 15 is 0 Å². The second-order valence-corrected chi connectivity index (χ2v) is 5.65. The molecule has 0 spiro atoms. The fourth-order valence-corrected chi connectivity index (χ4v) is 2.41. The number of rotatable bonds is 11. The normalized spacial score (nSPS) is 12.3. The van der Waals surface area contributed by atoms with Crippen LogP contribution in [0.3, 0.4) is 0 Å². The SMILES string of the molecule is CCCCCCCCCCOc1ccccc1[C@H](C)N. The maximum absolute atomic E-state index is 5.94. The fraction of sp³-hybridized carbons (Fsp3) is 0.667. The maximum atomic E-state index is 5.94. The number of para-hydroxylation sites is 1. The minimum Gasteiger partial charge on any atom is -0.493 e. The monoisotopic (exact) mass is 277 g/mol. The highest BCUT2D eigenvalue weighted by Gasteiger charge is 2.06. The average molecular weight is 277 g/mol. The van der Waals surface area contributed by atoms with Crippen LogP contribution in [0.4, 0.5) is 0 Å². The smallest absolute Gasteiger partial charge is 0.124 e. The summed E-state index contributed by atoms with van der Waals surface area (Å²) in [4.78, 5) is 0. The van der Waals surface area contributed by atoms with Crippen molar-refractivity contribution in [1.29, 1.82) is 0 Å². The van der Waals surface area contributed by atoms with Crippen LogP contribution >= 0.6 is 0 Å². The van der Waals surface area contributed by atoms with Crippen LogP contribution in [-0.4, -0.2) is 6.61 Å². The minimum absolute atomic E-state index is 0.0322. The molecule has 0 aliphatic heterocycles. The van der Waals surface area contributed by atoms with Gasteiger partial charge in [0.15, 0.2) is 0 Å². The molecule has 1 atom stereocenters. The molecule has 0 unspecified atom stereocenters. The van der Waals surface area contributed by atoms with Gasteiger partial charge in [0.2, 0.25) is 0 Å². The molecule has 0 aromatic heterocycles. The Balaban J connectivity index is 2.10. The Bertz CT molecular complexity index is 349. The third-order valence-corrected chi connectivity index (χ3v) is 3.67. The lowest BCUT2D eigenvalue weighted by Crippen LogP contribution is -2.08. The van der Waals surface area contributed by atoms with Crippen LogP contribution in [0.5, 0.6) is 5.75 Å². The van der Waals surface area contributed by atoms with Gasteiger partial charge in [-0.25, -0.2) is 0 Å². The van der Waals surface area contributed by atoms with E-state index in [9.17, 15) is 0 Å². The summed E-state index contributed by atoms with van der Waals surface area (Å²) in [6.45, 7) is 5.06. The third-order valence-electron chi connectivity index (χ3n) is 3.67. The summed E-state index contributed by atoms with van der Waals surface area (Å²) in [5.74, 6) is 0.949. The topological polar surface area (TPSA) is 35.2 Å². The van der Waals surface area contributed by atoms with Crippen molar-refractivity contribution in [2.24, 2.45) is 5.73 Å². The molecule has 0 heterocycles. The number of ether oxygens (including phenoxy) is 1. The zero-order valence-electron chi connectivity index (χ0n) is 13.2. The van der Waals surface area contributed by atoms with Crippen molar-refractivity contribution in [3.05, 3.63) is 29.8 Å². The van der Waals surface area contributed by atoms with Crippen LogP contribution in [0.25, 0.3) is 0 Å². The molecule has 1 aromatic carbocycles. The van der Waals surface area contributed by atoms with Gasteiger partial charge in [0.25, 0.3) is 0 Å². The van der Waals surface area contributed by atoms with Crippen molar-refractivity contribution in [3.8, 4) is 5.75 Å². The van der Waals surface area contributed by atoms with E-state index in [2.05, 4.69) is 6.92 Å². The summed E-state index contributed by atoms with van der Waals surface area (Å²) in [6.07, 6.45) is 10.6. The van der Waals surface area contributed by atoms with E-state index in [1.165, 1.54) is 44.9 Å². The van der Waals surface area contributed by atoms with Crippen LogP contribution in [0.2, 0.25) is 0 Å². The van der Waals surface area contributed by atoms with Gasteiger partial charge in [-0.05, 0) is 19.4 Å². The maximum Gasteiger partial charge on any atom is 0.124 e. The molecule has 20 heavy (non-hydrogen) atoms. The quantitative estimate of drug-likeness (QED) is 0.562. The van der Waals surface area contributed by atoms with Crippen molar-refractivity contribution in [2.75, 3.05) is 6.61 Å². The predicted octanol–water partition coefficient (Wildman–Crippen LogP) is 5.23. The van der Waals surface area contributed by atoms with E-state index in [1.807, 2.05) is 31.2 Å². The molecule has 0 aliphatic carbocycles. The molecule has 0 amide bonds. The Morgan fingerprint density at radius 2 is 1.55 bits per heavy atom. The van der Waals surface area contributed by atoms with E-state index in [-0.39, 0.29) is 6.04 Å². The Labute approximate surface area is 124 Å². The predicted molar refractivity (Wildman–Crippen MR) is 87.1 cm³/mol. The van der Waals surface area contributed by atoms with Crippen molar-refractivity contribution >= 4 is 0 Å². The molecule has 2 nitrogen and oxygen atoms in total. The Hall–Kier alpha value is -1.02. The number of benzene rings is 1. The Morgan fingerprint density at radius 3 is 2.20 bits per heavy atom. The zero-order valence-corrected chi connectivity index (χ0v) is 13.2. The van der Waals surface area contributed by atoms with E-state index in [0.29, 0.717) is 0 Å². The fourth-order valence-electron chi connectivity index (χ4n) is 2.41. The van der Waals surface area contributed by atoms with Crippen molar-refractivity contribution in [2.45, 2.75) is 71.3 Å². The van der Waals surface area contributed by atoms with Gasteiger partial charge in [-0.2, -0.15) is 0 Å². The molecule has 0 radical (unpaired) electrons. The number of hydrogen-bond acceptors (Lipinski definition) is 2. The van der Waals surface area contributed by atoms with Gasteiger partial charge in [-0.15, -0.1) is 0 Å². The highest BCUT2D eigenvalue weighted by Crippen LogP contribution is 2.23. The van der Waals surface area contributed by atoms with Gasteiger partial charge >= 0.3 is 0 Å². The van der Waals surface area contributed by atoms with Crippen LogP contribution < -0.4 is 10.5 Å². The molecule has 0 saturated carbocycles. The highest BCUT2D eigenvalue weighted by molar-refractivity contribution is 5.35. The van der Waals surface area contributed by atoms with E-state index in [0.717, 1.165) is 24.3 Å². The van der Waals surface area contributed by atoms with Gasteiger partial charge in [-0.3, -0.25) is 0 Å². The molecule has 0 saturated heterocycles. The lowest BCUT2D eigenvalue weighted by atomic mass is 10.1. The summed E-state index contributed by atoms with van der Waals surface area (Å²) in [5, 5.41) is 0. The van der Waals surface area contributed by atoms with Gasteiger partial charge in [-0.1, -0.05) is 70.1 Å². The van der Waals surface area contributed by atoms with Crippen LogP contribution in [0.15, 0.2) is 24.3 Å². The van der Waals surface area contributed by atoms with Crippen molar-refractivity contribution in [3.63, 3.8) is 0 Å². The largest absolute Gasteiger partial charge is 0.493 e. The first kappa shape index (κ1) is 17.0. The third kappa shape index (κ3) is 6.95. The molecular weight excluding hydrogens is 246 g/mol. The molecule has 114 valence electrons. The lowest BCUT2D eigenvalue weighted by molar-refractivity contribution is 0.300. The summed E-state index contributed by atoms with van der Waals surface area (Å²) in [5.41, 5.74) is 7.05. The summed E-state index contributed by atoms with van der Waals surface area (Å²) < 4.78 is 5.86. The van der Waals surface area contributed by atoms with Crippen LogP contribution in [-0.2, 0) is 0 Å². The van der Waals surface area contributed by atoms with Crippen LogP contribution in [0, 0.1) is 0 Å². The molecule has 1 aromatic rings. The molecule has 1 rings (SSSR count). The second-order valence-electron chi connectivity index (χ2n) is 5.65. The van der Waals surface area contributed by atoms with E-state index < -0.39 is 0 Å². The standard InChI is InChI=1S/C18H31NO/c1-3-4-5-6-7-8-9-12-15-20-18-14-11-10-13-17(18)16(2)19/h10-11,13-14,16H,3-9,12,15,19H2,1-2H3/t16-/m0/s1. The van der Waals surface area contributed by atoms with Crippen molar-refractivity contribution < 1.29 is 4.74 Å². The molecule has 0 fully saturated rings. The first-order chi connectivity index (χ1) is 9.75. The summed E-state index contributed by atoms with van der Waals surface area (Å²) >= 11 is 0. The second kappa shape index (κ2) is 10.7. The molecule has 0 bridgehead atoms. The summed E-state index contributed by atoms with van der Waals surface area (Å²) in [7, 11) is 0. The Kier molecular flexibility index (Phi) is 9.14. The average Bonchev–Trinajstić information content (AvgIpc) is 2.46. The van der Waals surface area contributed by atoms with E-state index in [1.54, 1.807) is 0 Å². The summed E-state index contributed by atoms with van der Waals surface area (Å²) in [6, 6.07) is 8.12. The highest BCUT2D eigenvalue weighted by atomic mass is 16.5. The number of hydrogen-bond donors (Lipinski definition) is 1. The number of unbranched alkanes of at least 4 members (excludes halogenated alkanes) is 7. The minimum atomic E-state index is 0.0322. The number of nitrogens with two attached hydrogens (primary N) is 1. The Morgan fingerprint density at radius 1 is 0.950 bits per heavy atom. The van der Waals surface area contributed by atoms with Gasteiger partial charge in [0, 0.05) is 11.6 Å². The van der Waals surface area contributed by atoms with Gasteiger partial charge in [0.05, 0.1) is 6.61 Å². The molecule has 0 aliphatic rings. The van der Waals surface area contributed by atoms with Crippen molar-refractivity contribution in [1.82, 2.24) is 0 Å². The molecule has 2 heteroatoms. The van der Waals surface area contributed by atoms with Crippen LogP contribution in [0.1, 0.15) is 76.8 Å². The zero-order chi connectivity index (χ0) is 14.6. The first-order valence-corrected chi connectivity index (χ1v) is 8.23. The molecule has 2 N–H and O–H groups in total.